The van der Waals surface area contributed by atoms with Crippen molar-refractivity contribution in [1.29, 1.82) is 0 Å². The molecule has 4 heteroatoms. The van der Waals surface area contributed by atoms with Gasteiger partial charge in [-0.15, -0.1) is 0 Å². The molecule has 4 nitrogen and oxygen atoms in total. The Labute approximate surface area is 80.8 Å². The summed E-state index contributed by atoms with van der Waals surface area (Å²) in [5.74, 6) is -0.909. The molecule has 0 aliphatic rings. The van der Waals surface area contributed by atoms with Gasteiger partial charge in [-0.05, 0) is 11.1 Å². The Hall–Kier alpha value is -1.68. The van der Waals surface area contributed by atoms with E-state index in [2.05, 4.69) is 0 Å². The molecule has 0 heterocycles. The molecule has 2 N–H and O–H groups in total. The van der Waals surface area contributed by atoms with Crippen LogP contribution in [0, 0.1) is 0 Å². The molecule has 1 aromatic carbocycles. The summed E-state index contributed by atoms with van der Waals surface area (Å²) in [7, 11) is 0. The van der Waals surface area contributed by atoms with Crippen LogP contribution in [0.2, 0.25) is 0 Å². The summed E-state index contributed by atoms with van der Waals surface area (Å²) in [6.45, 7) is 0. The van der Waals surface area contributed by atoms with Gasteiger partial charge in [0.15, 0.2) is 6.29 Å². The summed E-state index contributed by atoms with van der Waals surface area (Å²) < 4.78 is 0. The fourth-order valence-corrected chi connectivity index (χ4v) is 1.09. The van der Waals surface area contributed by atoms with Crippen LogP contribution in [-0.2, 0) is 16.0 Å². The summed E-state index contributed by atoms with van der Waals surface area (Å²) >= 11 is 0. The predicted molar refractivity (Wildman–Crippen MR) is 48.8 cm³/mol. The zero-order valence-corrected chi connectivity index (χ0v) is 7.38. The number of aliphatic hydroxyl groups is 1. The first kappa shape index (κ1) is 10.4. The number of carboxylic acid groups (broad SMARTS) is 1. The molecule has 1 atom stereocenters. The van der Waals surface area contributed by atoms with Gasteiger partial charge in [-0.1, -0.05) is 24.3 Å². The maximum Gasteiger partial charge on any atom is 0.307 e. The lowest BCUT2D eigenvalue weighted by molar-refractivity contribution is -0.136. The monoisotopic (exact) mass is 194 g/mol. The molecule has 0 aromatic heterocycles. The van der Waals surface area contributed by atoms with Crippen LogP contribution in [-0.4, -0.2) is 22.5 Å². The minimum absolute atomic E-state index is 0.0581. The van der Waals surface area contributed by atoms with Crippen LogP contribution in [0.4, 0.5) is 0 Å². The van der Waals surface area contributed by atoms with Gasteiger partial charge in [-0.3, -0.25) is 4.79 Å². The van der Waals surface area contributed by atoms with E-state index in [1.165, 1.54) is 12.1 Å². The highest BCUT2D eigenvalue weighted by Gasteiger charge is 2.05. The molecule has 0 aliphatic heterocycles. The van der Waals surface area contributed by atoms with E-state index in [1.807, 2.05) is 0 Å². The number of aliphatic carboxylic acids is 1. The van der Waals surface area contributed by atoms with Gasteiger partial charge in [0, 0.05) is 0 Å². The Morgan fingerprint density at radius 2 is 1.93 bits per heavy atom. The summed E-state index contributed by atoms with van der Waals surface area (Å²) in [5.41, 5.74) is 1.11. The average molecular weight is 194 g/mol. The number of aldehydes is 1. The fourth-order valence-electron chi connectivity index (χ4n) is 1.09. The van der Waals surface area contributed by atoms with Crippen molar-refractivity contribution in [2.24, 2.45) is 0 Å². The second-order valence-corrected chi connectivity index (χ2v) is 2.89. The standard InChI is InChI=1S/C10H10O4/c11-6-9(12)8-3-1-7(2-4-8)5-10(13)14/h1-4,6,9,12H,5H2,(H,13,14). The molecule has 1 unspecified atom stereocenters. The molecule has 0 bridgehead atoms. The van der Waals surface area contributed by atoms with Crippen LogP contribution < -0.4 is 0 Å². The first-order valence-corrected chi connectivity index (χ1v) is 4.07. The van der Waals surface area contributed by atoms with Crippen molar-refractivity contribution in [3.05, 3.63) is 35.4 Å². The van der Waals surface area contributed by atoms with E-state index in [9.17, 15) is 9.59 Å². The third-order valence-corrected chi connectivity index (χ3v) is 1.81. The number of carboxylic acids is 1. The van der Waals surface area contributed by atoms with Gasteiger partial charge in [-0.25, -0.2) is 0 Å². The van der Waals surface area contributed by atoms with Crippen LogP contribution >= 0.6 is 0 Å². The summed E-state index contributed by atoms with van der Waals surface area (Å²) in [6, 6.07) is 6.24. The normalized spacial score (nSPS) is 12.1. The quantitative estimate of drug-likeness (QED) is 0.686. The molecule has 0 aliphatic carbocycles. The van der Waals surface area contributed by atoms with Gasteiger partial charge in [0.1, 0.15) is 6.10 Å². The zero-order valence-electron chi connectivity index (χ0n) is 7.38. The van der Waals surface area contributed by atoms with Crippen LogP contribution in [0.3, 0.4) is 0 Å². The molecule has 74 valence electrons. The van der Waals surface area contributed by atoms with Crippen LogP contribution in [0.5, 0.6) is 0 Å². The number of carbonyl (C=O) groups excluding carboxylic acids is 1. The number of rotatable bonds is 4. The van der Waals surface area contributed by atoms with E-state index < -0.39 is 12.1 Å². The average Bonchev–Trinajstić information content (AvgIpc) is 2.17. The molecular formula is C10H10O4. The third kappa shape index (κ3) is 2.67. The van der Waals surface area contributed by atoms with Crippen LogP contribution in [0.1, 0.15) is 17.2 Å². The van der Waals surface area contributed by atoms with Gasteiger partial charge in [0.2, 0.25) is 0 Å². The number of carbonyl (C=O) groups is 2. The third-order valence-electron chi connectivity index (χ3n) is 1.81. The van der Waals surface area contributed by atoms with Crippen molar-refractivity contribution < 1.29 is 19.8 Å². The van der Waals surface area contributed by atoms with Crippen molar-refractivity contribution >= 4 is 12.3 Å². The molecular weight excluding hydrogens is 184 g/mol. The van der Waals surface area contributed by atoms with E-state index in [4.69, 9.17) is 10.2 Å². The Morgan fingerprint density at radius 1 is 1.36 bits per heavy atom. The molecule has 0 radical (unpaired) electrons. The highest BCUT2D eigenvalue weighted by atomic mass is 16.4. The van der Waals surface area contributed by atoms with Crippen molar-refractivity contribution in [2.75, 3.05) is 0 Å². The minimum atomic E-state index is -1.13. The summed E-state index contributed by atoms with van der Waals surface area (Å²) in [5, 5.41) is 17.6. The minimum Gasteiger partial charge on any atom is -0.481 e. The Balaban J connectivity index is 2.78. The highest BCUT2D eigenvalue weighted by molar-refractivity contribution is 5.70. The Kier molecular flexibility index (Phi) is 3.36. The van der Waals surface area contributed by atoms with E-state index in [1.54, 1.807) is 12.1 Å². The van der Waals surface area contributed by atoms with E-state index >= 15 is 0 Å². The summed E-state index contributed by atoms with van der Waals surface area (Å²) in [4.78, 5) is 20.6. The fraction of sp³-hybridized carbons (Fsp3) is 0.200. The second kappa shape index (κ2) is 4.53. The largest absolute Gasteiger partial charge is 0.481 e. The number of benzene rings is 1. The predicted octanol–water partition coefficient (Wildman–Crippen LogP) is 0.546. The van der Waals surface area contributed by atoms with Gasteiger partial charge >= 0.3 is 5.97 Å². The van der Waals surface area contributed by atoms with Crippen LogP contribution in [0.15, 0.2) is 24.3 Å². The number of aliphatic hydroxyl groups excluding tert-OH is 1. The summed E-state index contributed by atoms with van der Waals surface area (Å²) in [6.07, 6.45) is -0.766. The first-order chi connectivity index (χ1) is 6.63. The molecule has 0 amide bonds. The number of hydrogen-bond donors (Lipinski definition) is 2. The molecule has 1 aromatic rings. The van der Waals surface area contributed by atoms with Gasteiger partial charge in [-0.2, -0.15) is 0 Å². The lowest BCUT2D eigenvalue weighted by Gasteiger charge is -2.03. The maximum absolute atomic E-state index is 10.3. The molecule has 0 spiro atoms. The molecule has 0 saturated carbocycles. The second-order valence-electron chi connectivity index (χ2n) is 2.89. The Morgan fingerprint density at radius 3 is 2.36 bits per heavy atom. The van der Waals surface area contributed by atoms with Crippen LogP contribution in [0.25, 0.3) is 0 Å². The maximum atomic E-state index is 10.3. The van der Waals surface area contributed by atoms with Crippen molar-refractivity contribution in [3.8, 4) is 0 Å². The molecule has 0 fully saturated rings. The molecule has 1 rings (SSSR count). The number of hydrogen-bond acceptors (Lipinski definition) is 3. The van der Waals surface area contributed by atoms with Crippen molar-refractivity contribution in [3.63, 3.8) is 0 Å². The van der Waals surface area contributed by atoms with Gasteiger partial charge in [0.05, 0.1) is 6.42 Å². The topological polar surface area (TPSA) is 74.6 Å². The van der Waals surface area contributed by atoms with Crippen molar-refractivity contribution in [2.45, 2.75) is 12.5 Å². The first-order valence-electron chi connectivity index (χ1n) is 4.07. The highest BCUT2D eigenvalue weighted by Crippen LogP contribution is 2.11. The van der Waals surface area contributed by atoms with Gasteiger partial charge < -0.3 is 15.0 Å². The zero-order chi connectivity index (χ0) is 10.6. The smallest absolute Gasteiger partial charge is 0.307 e. The SMILES string of the molecule is O=CC(O)c1ccc(CC(=O)O)cc1. The van der Waals surface area contributed by atoms with E-state index in [-0.39, 0.29) is 6.42 Å². The lowest BCUT2D eigenvalue weighted by Crippen LogP contribution is -2.01. The molecule has 14 heavy (non-hydrogen) atoms. The Bertz CT molecular complexity index is 328. The van der Waals surface area contributed by atoms with Gasteiger partial charge in [0.25, 0.3) is 0 Å². The molecule has 0 saturated heterocycles. The van der Waals surface area contributed by atoms with E-state index in [0.717, 1.165) is 0 Å². The lowest BCUT2D eigenvalue weighted by atomic mass is 10.1. The van der Waals surface area contributed by atoms with E-state index in [0.29, 0.717) is 17.4 Å². The van der Waals surface area contributed by atoms with Crippen molar-refractivity contribution in [1.82, 2.24) is 0 Å².